The average molecular weight is 217 g/mol. The predicted molar refractivity (Wildman–Crippen MR) is 59.9 cm³/mol. The minimum Gasteiger partial charge on any atom is -0.300 e. The fraction of sp³-hybridized carbons (Fsp3) is 0.750. The lowest BCUT2D eigenvalue weighted by molar-refractivity contribution is 0.573. The van der Waals surface area contributed by atoms with Gasteiger partial charge in [0.25, 0.3) is 0 Å². The highest BCUT2D eigenvalue weighted by molar-refractivity contribution is 7.98. The summed E-state index contributed by atoms with van der Waals surface area (Å²) in [6, 6.07) is 0.427. The Morgan fingerprint density at radius 2 is 2.38 bits per heavy atom. The number of nitrogens with one attached hydrogen (secondary N) is 1. The highest BCUT2D eigenvalue weighted by Crippen LogP contribution is 2.14. The molecule has 3 nitrogen and oxygen atoms in total. The van der Waals surface area contributed by atoms with Gasteiger partial charge in [0, 0.05) is 18.2 Å². The summed E-state index contributed by atoms with van der Waals surface area (Å²) in [4.78, 5) is 0. The molecule has 13 heavy (non-hydrogen) atoms. The van der Waals surface area contributed by atoms with Crippen LogP contribution in [0.2, 0.25) is 0 Å². The normalized spacial score (nSPS) is 13.2. The van der Waals surface area contributed by atoms with Crippen molar-refractivity contribution in [3.8, 4) is 0 Å². The molecule has 0 aromatic carbocycles. The van der Waals surface area contributed by atoms with E-state index in [0.717, 1.165) is 22.8 Å². The van der Waals surface area contributed by atoms with Gasteiger partial charge in [0.1, 0.15) is 5.82 Å². The third-order valence-corrected chi connectivity index (χ3v) is 3.05. The second-order valence-electron chi connectivity index (χ2n) is 2.97. The molecule has 0 aliphatic heterocycles. The lowest BCUT2D eigenvalue weighted by atomic mass is 10.3. The molecule has 5 heteroatoms. The lowest BCUT2D eigenvalue weighted by Crippen LogP contribution is -2.11. The van der Waals surface area contributed by atoms with Gasteiger partial charge >= 0.3 is 0 Å². The van der Waals surface area contributed by atoms with Crippen LogP contribution in [0.25, 0.3) is 0 Å². The van der Waals surface area contributed by atoms with Gasteiger partial charge in [-0.3, -0.25) is 5.10 Å². The molecule has 0 spiro atoms. The van der Waals surface area contributed by atoms with Crippen LogP contribution in [-0.2, 0) is 6.42 Å². The van der Waals surface area contributed by atoms with Gasteiger partial charge in [0.05, 0.1) is 0 Å². The molecule has 1 N–H and O–H groups in total. The van der Waals surface area contributed by atoms with E-state index in [2.05, 4.69) is 34.9 Å². The van der Waals surface area contributed by atoms with Crippen LogP contribution in [0.1, 0.15) is 25.7 Å². The van der Waals surface area contributed by atoms with Crippen LogP contribution in [0, 0.1) is 4.77 Å². The monoisotopic (exact) mass is 217 g/mol. The first kappa shape index (κ1) is 10.8. The minimum absolute atomic E-state index is 0.427. The van der Waals surface area contributed by atoms with Crippen molar-refractivity contribution in [1.82, 2.24) is 14.8 Å². The molecule has 74 valence electrons. The van der Waals surface area contributed by atoms with Crippen LogP contribution in [-0.4, -0.2) is 26.8 Å². The maximum atomic E-state index is 5.17. The minimum atomic E-state index is 0.427. The third kappa shape index (κ3) is 2.34. The van der Waals surface area contributed by atoms with Crippen LogP contribution < -0.4 is 0 Å². The van der Waals surface area contributed by atoms with Crippen molar-refractivity contribution in [3.63, 3.8) is 0 Å². The Balaban J connectivity index is 2.96. The van der Waals surface area contributed by atoms with E-state index in [1.807, 2.05) is 11.8 Å². The maximum Gasteiger partial charge on any atom is 0.195 e. The Labute approximate surface area is 87.9 Å². The van der Waals surface area contributed by atoms with Crippen LogP contribution in [0.15, 0.2) is 0 Å². The van der Waals surface area contributed by atoms with Crippen LogP contribution in [0.5, 0.6) is 0 Å². The van der Waals surface area contributed by atoms with E-state index in [9.17, 15) is 0 Å². The molecule has 1 heterocycles. The molecule has 0 bridgehead atoms. The van der Waals surface area contributed by atoms with Gasteiger partial charge in [0.15, 0.2) is 4.77 Å². The number of rotatable bonds is 4. The molecule has 0 saturated heterocycles. The summed E-state index contributed by atoms with van der Waals surface area (Å²) < 4.78 is 2.84. The maximum absolute atomic E-state index is 5.17. The first-order chi connectivity index (χ1) is 6.20. The average Bonchev–Trinajstić information content (AvgIpc) is 2.47. The first-order valence-corrected chi connectivity index (χ1v) is 6.15. The molecule has 0 amide bonds. The molecule has 1 unspecified atom stereocenters. The first-order valence-electron chi connectivity index (χ1n) is 4.35. The van der Waals surface area contributed by atoms with Gasteiger partial charge in [-0.2, -0.15) is 16.9 Å². The second-order valence-corrected chi connectivity index (χ2v) is 4.27. The van der Waals surface area contributed by atoms with E-state index in [1.54, 1.807) is 0 Å². The van der Waals surface area contributed by atoms with Crippen molar-refractivity contribution >= 4 is 24.0 Å². The summed E-state index contributed by atoms with van der Waals surface area (Å²) in [7, 11) is 0. The standard InChI is InChI=1S/C8H15N3S2/c1-4-7-9-10-8(12)11(7)6(2)5-13-3/h6H,4-5H2,1-3H3,(H,10,12). The molecule has 1 atom stereocenters. The van der Waals surface area contributed by atoms with E-state index < -0.39 is 0 Å². The zero-order valence-electron chi connectivity index (χ0n) is 8.20. The SMILES string of the molecule is CCc1n[nH]c(=S)n1C(C)CSC. The number of aromatic nitrogens is 3. The molecule has 0 fully saturated rings. The van der Waals surface area contributed by atoms with E-state index in [1.165, 1.54) is 0 Å². The largest absolute Gasteiger partial charge is 0.300 e. The van der Waals surface area contributed by atoms with E-state index >= 15 is 0 Å². The van der Waals surface area contributed by atoms with Gasteiger partial charge < -0.3 is 4.57 Å². The summed E-state index contributed by atoms with van der Waals surface area (Å²) in [6.07, 6.45) is 3.03. The highest BCUT2D eigenvalue weighted by Gasteiger charge is 2.10. The summed E-state index contributed by atoms with van der Waals surface area (Å²) in [5.74, 6) is 2.12. The second kappa shape index (κ2) is 4.81. The van der Waals surface area contributed by atoms with Crippen LogP contribution in [0.4, 0.5) is 0 Å². The quantitative estimate of drug-likeness (QED) is 0.786. The van der Waals surface area contributed by atoms with Crippen LogP contribution in [0.3, 0.4) is 0 Å². The summed E-state index contributed by atoms with van der Waals surface area (Å²) in [5.41, 5.74) is 0. The summed E-state index contributed by atoms with van der Waals surface area (Å²) in [5, 5.41) is 7.01. The zero-order chi connectivity index (χ0) is 9.84. The Morgan fingerprint density at radius 1 is 1.69 bits per heavy atom. The fourth-order valence-corrected chi connectivity index (χ4v) is 2.32. The fourth-order valence-electron chi connectivity index (χ4n) is 1.36. The smallest absolute Gasteiger partial charge is 0.195 e. The van der Waals surface area contributed by atoms with Gasteiger partial charge in [-0.05, 0) is 25.4 Å². The third-order valence-electron chi connectivity index (χ3n) is 1.94. The van der Waals surface area contributed by atoms with Gasteiger partial charge in [-0.1, -0.05) is 6.92 Å². The Kier molecular flexibility index (Phi) is 3.99. The van der Waals surface area contributed by atoms with Crippen molar-refractivity contribution in [1.29, 1.82) is 0 Å². The van der Waals surface area contributed by atoms with Gasteiger partial charge in [-0.25, -0.2) is 0 Å². The molecule has 0 aliphatic rings. The van der Waals surface area contributed by atoms with E-state index in [4.69, 9.17) is 12.2 Å². The van der Waals surface area contributed by atoms with E-state index in [-0.39, 0.29) is 0 Å². The van der Waals surface area contributed by atoms with Crippen molar-refractivity contribution in [2.45, 2.75) is 26.3 Å². The summed E-state index contributed by atoms with van der Waals surface area (Å²) in [6.45, 7) is 4.26. The highest BCUT2D eigenvalue weighted by atomic mass is 32.2. The Hall–Kier alpha value is -0.290. The number of hydrogen-bond acceptors (Lipinski definition) is 3. The van der Waals surface area contributed by atoms with Crippen molar-refractivity contribution in [2.75, 3.05) is 12.0 Å². The number of nitrogens with zero attached hydrogens (tertiary/aromatic N) is 2. The molecule has 1 rings (SSSR count). The summed E-state index contributed by atoms with van der Waals surface area (Å²) >= 11 is 6.99. The number of thioether (sulfide) groups is 1. The molecular formula is C8H15N3S2. The molecular weight excluding hydrogens is 202 g/mol. The molecule has 0 aliphatic carbocycles. The van der Waals surface area contributed by atoms with Crippen molar-refractivity contribution < 1.29 is 0 Å². The molecule has 0 radical (unpaired) electrons. The van der Waals surface area contributed by atoms with E-state index in [0.29, 0.717) is 6.04 Å². The van der Waals surface area contributed by atoms with Gasteiger partial charge in [0.2, 0.25) is 0 Å². The Bertz CT molecular complexity index is 315. The topological polar surface area (TPSA) is 33.6 Å². The van der Waals surface area contributed by atoms with Gasteiger partial charge in [-0.15, -0.1) is 0 Å². The molecule has 1 aromatic heterocycles. The molecule has 1 aromatic rings. The molecule has 0 saturated carbocycles. The predicted octanol–water partition coefficient (Wildman–Crippen LogP) is 2.43. The van der Waals surface area contributed by atoms with Crippen molar-refractivity contribution in [2.24, 2.45) is 0 Å². The van der Waals surface area contributed by atoms with Crippen LogP contribution >= 0.6 is 24.0 Å². The Morgan fingerprint density at radius 3 is 2.92 bits per heavy atom. The van der Waals surface area contributed by atoms with Crippen molar-refractivity contribution in [3.05, 3.63) is 10.6 Å². The number of aromatic amines is 1. The number of H-pyrrole nitrogens is 1. The zero-order valence-corrected chi connectivity index (χ0v) is 9.84. The number of hydrogen-bond donors (Lipinski definition) is 1. The number of aryl methyl sites for hydroxylation is 1. The lowest BCUT2D eigenvalue weighted by Gasteiger charge is -2.13.